The fourth-order valence-electron chi connectivity index (χ4n) is 1.28. The summed E-state index contributed by atoms with van der Waals surface area (Å²) in [5, 5.41) is 4.71. The maximum atomic E-state index is 5.33. The van der Waals surface area contributed by atoms with Crippen molar-refractivity contribution in [3.8, 4) is 5.88 Å². The van der Waals surface area contributed by atoms with E-state index >= 15 is 0 Å². The first-order valence-corrected chi connectivity index (χ1v) is 4.50. The Bertz CT molecular complexity index is 442. The second-order valence-corrected chi connectivity index (χ2v) is 3.12. The third-order valence-electron chi connectivity index (χ3n) is 1.95. The van der Waals surface area contributed by atoms with Gasteiger partial charge in [0.15, 0.2) is 5.58 Å². The van der Waals surface area contributed by atoms with E-state index in [9.17, 15) is 0 Å². The Labute approximate surface area is 93.8 Å². The normalized spacial score (nSPS) is 10.0. The molecule has 0 bridgehead atoms. The Morgan fingerprint density at radius 1 is 1.47 bits per heavy atom. The summed E-state index contributed by atoms with van der Waals surface area (Å²) < 4.78 is 10.4. The van der Waals surface area contributed by atoms with Crippen molar-refractivity contribution in [2.24, 2.45) is 5.73 Å². The lowest BCUT2D eigenvalue weighted by Gasteiger charge is -1.98. The van der Waals surface area contributed by atoms with Gasteiger partial charge >= 0.3 is 0 Å². The van der Waals surface area contributed by atoms with Crippen LogP contribution in [-0.2, 0) is 0 Å². The summed E-state index contributed by atoms with van der Waals surface area (Å²) in [5.74, 6) is 0.519. The number of aromatic nitrogens is 1. The lowest BCUT2D eigenvalue weighted by atomic mass is 10.2. The highest BCUT2D eigenvalue weighted by molar-refractivity contribution is 5.85. The van der Waals surface area contributed by atoms with Crippen molar-refractivity contribution in [1.82, 2.24) is 5.16 Å². The molecule has 1 heterocycles. The molecule has 5 heteroatoms. The van der Waals surface area contributed by atoms with Crippen LogP contribution in [-0.4, -0.2) is 18.3 Å². The van der Waals surface area contributed by atoms with Gasteiger partial charge in [-0.3, -0.25) is 0 Å². The second kappa shape index (κ2) is 5.00. The second-order valence-electron chi connectivity index (χ2n) is 3.12. The lowest BCUT2D eigenvalue weighted by molar-refractivity contribution is 0.293. The van der Waals surface area contributed by atoms with Crippen LogP contribution < -0.4 is 10.5 Å². The molecule has 2 rings (SSSR count). The van der Waals surface area contributed by atoms with Crippen LogP contribution in [0.25, 0.3) is 11.0 Å². The van der Waals surface area contributed by atoms with Gasteiger partial charge in [-0.05, 0) is 29.8 Å². The molecule has 0 aliphatic heterocycles. The van der Waals surface area contributed by atoms with E-state index in [-0.39, 0.29) is 12.4 Å². The summed E-state index contributed by atoms with van der Waals surface area (Å²) >= 11 is 0. The third kappa shape index (κ3) is 2.40. The van der Waals surface area contributed by atoms with Gasteiger partial charge in [-0.15, -0.1) is 12.4 Å². The molecular formula is C10H13ClN2O2. The van der Waals surface area contributed by atoms with Crippen LogP contribution in [0.3, 0.4) is 0 Å². The molecule has 1 aromatic carbocycles. The summed E-state index contributed by atoms with van der Waals surface area (Å²) in [7, 11) is 0. The molecule has 0 aliphatic rings. The Kier molecular flexibility index (Phi) is 3.94. The van der Waals surface area contributed by atoms with Crippen LogP contribution in [0, 0.1) is 6.92 Å². The monoisotopic (exact) mass is 228 g/mol. The van der Waals surface area contributed by atoms with Gasteiger partial charge in [0, 0.05) is 6.54 Å². The first-order chi connectivity index (χ1) is 6.81. The Balaban J connectivity index is 0.00000112. The van der Waals surface area contributed by atoms with Gasteiger partial charge in [0.25, 0.3) is 5.88 Å². The van der Waals surface area contributed by atoms with Crippen molar-refractivity contribution in [2.75, 3.05) is 13.2 Å². The van der Waals surface area contributed by atoms with Crippen molar-refractivity contribution in [1.29, 1.82) is 0 Å². The van der Waals surface area contributed by atoms with Crippen LogP contribution in [0.2, 0.25) is 0 Å². The number of halogens is 1. The van der Waals surface area contributed by atoms with Crippen molar-refractivity contribution in [2.45, 2.75) is 6.92 Å². The van der Waals surface area contributed by atoms with E-state index in [1.165, 1.54) is 0 Å². The molecule has 0 aliphatic carbocycles. The summed E-state index contributed by atoms with van der Waals surface area (Å²) in [4.78, 5) is 0. The molecule has 0 unspecified atom stereocenters. The number of aryl methyl sites for hydroxylation is 1. The van der Waals surface area contributed by atoms with Crippen LogP contribution in [0.15, 0.2) is 22.7 Å². The summed E-state index contributed by atoms with van der Waals surface area (Å²) in [6.45, 7) is 2.93. The molecule has 0 saturated heterocycles. The zero-order chi connectivity index (χ0) is 9.97. The van der Waals surface area contributed by atoms with E-state index in [1.54, 1.807) is 0 Å². The van der Waals surface area contributed by atoms with Gasteiger partial charge in [0.1, 0.15) is 6.61 Å². The van der Waals surface area contributed by atoms with Gasteiger partial charge in [0.2, 0.25) is 0 Å². The topological polar surface area (TPSA) is 61.3 Å². The number of fused-ring (bicyclic) bond motifs is 1. The Morgan fingerprint density at radius 3 is 3.00 bits per heavy atom. The van der Waals surface area contributed by atoms with Crippen molar-refractivity contribution < 1.29 is 9.26 Å². The quantitative estimate of drug-likeness (QED) is 0.872. The number of nitrogens with two attached hydrogens (primary N) is 1. The summed E-state index contributed by atoms with van der Waals surface area (Å²) in [6, 6.07) is 5.86. The Morgan fingerprint density at radius 2 is 2.27 bits per heavy atom. The third-order valence-corrected chi connectivity index (χ3v) is 1.95. The van der Waals surface area contributed by atoms with Crippen LogP contribution in [0.1, 0.15) is 5.56 Å². The molecule has 0 amide bonds. The molecule has 15 heavy (non-hydrogen) atoms. The molecule has 0 spiro atoms. The minimum absolute atomic E-state index is 0. The van der Waals surface area contributed by atoms with Crippen LogP contribution in [0.4, 0.5) is 0 Å². The first kappa shape index (κ1) is 11.8. The fraction of sp³-hybridized carbons (Fsp3) is 0.300. The van der Waals surface area contributed by atoms with Crippen molar-refractivity contribution in [3.05, 3.63) is 23.8 Å². The molecule has 82 valence electrons. The number of rotatable bonds is 3. The standard InChI is InChI=1S/C10H12N2O2.ClH/c1-7-2-3-8-9(6-7)14-12-10(8)13-5-4-11;/h2-3,6H,4-5,11H2,1H3;1H. The summed E-state index contributed by atoms with van der Waals surface area (Å²) in [5.41, 5.74) is 7.22. The molecular weight excluding hydrogens is 216 g/mol. The van der Waals surface area contributed by atoms with Crippen LogP contribution >= 0.6 is 12.4 Å². The average Bonchev–Trinajstić information content (AvgIpc) is 2.57. The Hall–Kier alpha value is -1.26. The number of benzene rings is 1. The van der Waals surface area contributed by atoms with E-state index in [2.05, 4.69) is 5.16 Å². The largest absolute Gasteiger partial charge is 0.474 e. The maximum Gasteiger partial charge on any atom is 0.262 e. The minimum Gasteiger partial charge on any atom is -0.474 e. The lowest BCUT2D eigenvalue weighted by Crippen LogP contribution is -2.10. The number of hydrogen-bond donors (Lipinski definition) is 1. The molecule has 1 aromatic heterocycles. The predicted octanol–water partition coefficient (Wildman–Crippen LogP) is 1.90. The highest BCUT2D eigenvalue weighted by atomic mass is 35.5. The average molecular weight is 229 g/mol. The molecule has 0 radical (unpaired) electrons. The molecule has 2 N–H and O–H groups in total. The predicted molar refractivity (Wildman–Crippen MR) is 60.5 cm³/mol. The number of ether oxygens (including phenoxy) is 1. The van der Waals surface area contributed by atoms with E-state index in [0.717, 1.165) is 16.5 Å². The minimum atomic E-state index is 0. The number of hydrogen-bond acceptors (Lipinski definition) is 4. The number of nitrogens with zero attached hydrogens (tertiary/aromatic N) is 1. The van der Waals surface area contributed by atoms with Crippen LogP contribution in [0.5, 0.6) is 5.88 Å². The van der Waals surface area contributed by atoms with E-state index in [1.807, 2.05) is 25.1 Å². The van der Waals surface area contributed by atoms with E-state index in [4.69, 9.17) is 15.0 Å². The van der Waals surface area contributed by atoms with Crippen molar-refractivity contribution >= 4 is 23.4 Å². The highest BCUT2D eigenvalue weighted by Crippen LogP contribution is 2.25. The van der Waals surface area contributed by atoms with Gasteiger partial charge < -0.3 is 15.0 Å². The highest BCUT2D eigenvalue weighted by Gasteiger charge is 2.08. The summed E-state index contributed by atoms with van der Waals surface area (Å²) in [6.07, 6.45) is 0. The molecule has 0 saturated carbocycles. The molecule has 2 aromatic rings. The van der Waals surface area contributed by atoms with Crippen molar-refractivity contribution in [3.63, 3.8) is 0 Å². The molecule has 4 nitrogen and oxygen atoms in total. The smallest absolute Gasteiger partial charge is 0.262 e. The van der Waals surface area contributed by atoms with E-state index in [0.29, 0.717) is 19.0 Å². The zero-order valence-corrected chi connectivity index (χ0v) is 9.21. The fourth-order valence-corrected chi connectivity index (χ4v) is 1.28. The zero-order valence-electron chi connectivity index (χ0n) is 8.40. The van der Waals surface area contributed by atoms with E-state index < -0.39 is 0 Å². The van der Waals surface area contributed by atoms with Gasteiger partial charge in [-0.1, -0.05) is 6.07 Å². The SMILES string of the molecule is Cc1ccc2c(OCCN)noc2c1.Cl. The molecule has 0 fully saturated rings. The molecule has 0 atom stereocenters. The maximum absolute atomic E-state index is 5.33. The van der Waals surface area contributed by atoms with Gasteiger partial charge in [-0.2, -0.15) is 0 Å². The van der Waals surface area contributed by atoms with Gasteiger partial charge in [-0.25, -0.2) is 0 Å². The first-order valence-electron chi connectivity index (χ1n) is 4.50. The van der Waals surface area contributed by atoms with Gasteiger partial charge in [0.05, 0.1) is 5.39 Å².